The van der Waals surface area contributed by atoms with Gasteiger partial charge >= 0.3 is 0 Å². The molecule has 0 heterocycles. The Kier molecular flexibility index (Phi) is 7.11. The van der Waals surface area contributed by atoms with Crippen LogP contribution in [0, 0.1) is 5.41 Å². The standard InChI is InChI=1S/C18H28N2O4.ClH/c1-6-24-14-10-18(19,17(14,2)3)16(21)20-11-12-8-7-9-13(22-4)15(12)23-5;/h7-9,14H,6,10-11,19H2,1-5H3,(H,20,21);1H. The first-order chi connectivity index (χ1) is 11.3. The smallest absolute Gasteiger partial charge is 0.241 e. The van der Waals surface area contributed by atoms with Crippen LogP contribution >= 0.6 is 12.4 Å². The molecule has 1 fully saturated rings. The lowest BCUT2D eigenvalue weighted by molar-refractivity contribution is -0.170. The molecule has 6 nitrogen and oxygen atoms in total. The number of nitrogens with two attached hydrogens (primary N) is 1. The molecule has 3 N–H and O–H groups in total. The number of hydrogen-bond donors (Lipinski definition) is 2. The maximum absolute atomic E-state index is 12.7. The number of carbonyl (C=O) groups excluding carboxylic acids is 1. The van der Waals surface area contributed by atoms with Gasteiger partial charge in [0, 0.05) is 30.6 Å². The van der Waals surface area contributed by atoms with Gasteiger partial charge in [-0.05, 0) is 13.0 Å². The Morgan fingerprint density at radius 1 is 1.32 bits per heavy atom. The van der Waals surface area contributed by atoms with Crippen molar-refractivity contribution in [3.8, 4) is 11.5 Å². The molecule has 2 atom stereocenters. The predicted octanol–water partition coefficient (Wildman–Crippen LogP) is 2.27. The molecule has 1 aromatic rings. The summed E-state index contributed by atoms with van der Waals surface area (Å²) < 4.78 is 16.3. The molecule has 0 bridgehead atoms. The fourth-order valence-corrected chi connectivity index (χ4v) is 3.25. The van der Waals surface area contributed by atoms with Gasteiger partial charge in [0.15, 0.2) is 11.5 Å². The fraction of sp³-hybridized carbons (Fsp3) is 0.611. The summed E-state index contributed by atoms with van der Waals surface area (Å²) in [6.45, 7) is 6.84. The lowest BCUT2D eigenvalue weighted by Gasteiger charge is -2.57. The second-order valence-corrected chi connectivity index (χ2v) is 6.68. The highest BCUT2D eigenvalue weighted by Gasteiger charge is 2.62. The maximum atomic E-state index is 12.7. The summed E-state index contributed by atoms with van der Waals surface area (Å²) in [5.41, 5.74) is 5.88. The first-order valence-electron chi connectivity index (χ1n) is 8.20. The van der Waals surface area contributed by atoms with Gasteiger partial charge in [-0.1, -0.05) is 26.0 Å². The fourth-order valence-electron chi connectivity index (χ4n) is 3.25. The molecule has 1 aliphatic rings. The van der Waals surface area contributed by atoms with E-state index in [-0.39, 0.29) is 24.4 Å². The summed E-state index contributed by atoms with van der Waals surface area (Å²) >= 11 is 0. The summed E-state index contributed by atoms with van der Waals surface area (Å²) in [7, 11) is 3.16. The van der Waals surface area contributed by atoms with Gasteiger partial charge < -0.3 is 25.3 Å². The lowest BCUT2D eigenvalue weighted by atomic mass is 9.54. The molecule has 0 aromatic heterocycles. The molecule has 0 spiro atoms. The van der Waals surface area contributed by atoms with Crippen LogP contribution < -0.4 is 20.5 Å². The Balaban J connectivity index is 0.00000312. The molecule has 2 rings (SSSR count). The molecular weight excluding hydrogens is 344 g/mol. The van der Waals surface area contributed by atoms with E-state index in [0.29, 0.717) is 31.1 Å². The molecule has 1 aromatic carbocycles. The summed E-state index contributed by atoms with van der Waals surface area (Å²) in [4.78, 5) is 12.7. The van der Waals surface area contributed by atoms with Crippen molar-refractivity contribution in [3.05, 3.63) is 23.8 Å². The highest BCUT2D eigenvalue weighted by Crippen LogP contribution is 2.49. The van der Waals surface area contributed by atoms with E-state index in [1.54, 1.807) is 14.2 Å². The van der Waals surface area contributed by atoms with E-state index < -0.39 is 11.0 Å². The normalized spacial score (nSPS) is 23.8. The minimum absolute atomic E-state index is 0. The van der Waals surface area contributed by atoms with Gasteiger partial charge in [0.05, 0.1) is 20.3 Å². The first kappa shape index (κ1) is 21.5. The van der Waals surface area contributed by atoms with Gasteiger partial charge in [0.1, 0.15) is 5.54 Å². The zero-order valence-electron chi connectivity index (χ0n) is 15.5. The van der Waals surface area contributed by atoms with E-state index in [0.717, 1.165) is 5.56 Å². The van der Waals surface area contributed by atoms with E-state index in [2.05, 4.69) is 5.32 Å². The van der Waals surface area contributed by atoms with E-state index in [1.165, 1.54) is 0 Å². The van der Waals surface area contributed by atoms with Crippen LogP contribution in [0.25, 0.3) is 0 Å². The van der Waals surface area contributed by atoms with Crippen LogP contribution in [0.4, 0.5) is 0 Å². The van der Waals surface area contributed by atoms with Crippen LogP contribution in [0.1, 0.15) is 32.8 Å². The zero-order valence-corrected chi connectivity index (χ0v) is 16.4. The van der Waals surface area contributed by atoms with Crippen molar-refractivity contribution in [3.63, 3.8) is 0 Å². The van der Waals surface area contributed by atoms with Crippen LogP contribution in [-0.2, 0) is 16.1 Å². The van der Waals surface area contributed by atoms with Crippen LogP contribution in [-0.4, -0.2) is 38.4 Å². The summed E-state index contributed by atoms with van der Waals surface area (Å²) in [6.07, 6.45) is 0.527. The monoisotopic (exact) mass is 372 g/mol. The number of carbonyl (C=O) groups is 1. The van der Waals surface area contributed by atoms with Gasteiger partial charge in [0.2, 0.25) is 5.91 Å². The number of para-hydroxylation sites is 1. The highest BCUT2D eigenvalue weighted by atomic mass is 35.5. The van der Waals surface area contributed by atoms with Crippen LogP contribution in [0.5, 0.6) is 11.5 Å². The second kappa shape index (κ2) is 8.25. The Morgan fingerprint density at radius 3 is 2.52 bits per heavy atom. The van der Waals surface area contributed by atoms with Crippen molar-refractivity contribution in [2.75, 3.05) is 20.8 Å². The number of benzene rings is 1. The molecule has 25 heavy (non-hydrogen) atoms. The Bertz CT molecular complexity index is 609. The highest BCUT2D eigenvalue weighted by molar-refractivity contribution is 5.88. The first-order valence-corrected chi connectivity index (χ1v) is 8.20. The molecule has 1 aliphatic carbocycles. The molecular formula is C18H29ClN2O4. The van der Waals surface area contributed by atoms with Crippen molar-refractivity contribution >= 4 is 18.3 Å². The molecule has 0 saturated heterocycles. The van der Waals surface area contributed by atoms with E-state index in [4.69, 9.17) is 19.9 Å². The number of rotatable bonds is 7. The molecule has 1 amide bonds. The maximum Gasteiger partial charge on any atom is 0.241 e. The number of methoxy groups -OCH3 is 2. The molecule has 0 aliphatic heterocycles. The molecule has 7 heteroatoms. The summed E-state index contributed by atoms with van der Waals surface area (Å²) in [5.74, 6) is 1.08. The molecule has 142 valence electrons. The average molecular weight is 373 g/mol. The topological polar surface area (TPSA) is 82.8 Å². The second-order valence-electron chi connectivity index (χ2n) is 6.68. The minimum Gasteiger partial charge on any atom is -0.493 e. The SMILES string of the molecule is CCOC1CC(N)(C(=O)NCc2cccc(OC)c2OC)C1(C)C.Cl. The third-order valence-electron chi connectivity index (χ3n) is 5.16. The van der Waals surface area contributed by atoms with Crippen molar-refractivity contribution in [1.29, 1.82) is 0 Å². The largest absolute Gasteiger partial charge is 0.493 e. The number of hydrogen-bond acceptors (Lipinski definition) is 5. The van der Waals surface area contributed by atoms with Gasteiger partial charge in [0.25, 0.3) is 0 Å². The van der Waals surface area contributed by atoms with Crippen LogP contribution in [0.15, 0.2) is 18.2 Å². The van der Waals surface area contributed by atoms with E-state index in [1.807, 2.05) is 39.0 Å². The lowest BCUT2D eigenvalue weighted by Crippen LogP contribution is -2.75. The number of nitrogens with one attached hydrogen (secondary N) is 1. The number of halogens is 1. The van der Waals surface area contributed by atoms with Crippen LogP contribution in [0.3, 0.4) is 0 Å². The summed E-state index contributed by atoms with van der Waals surface area (Å²) in [6, 6.07) is 5.56. The predicted molar refractivity (Wildman–Crippen MR) is 99.4 cm³/mol. The molecule has 2 unspecified atom stereocenters. The van der Waals surface area contributed by atoms with Crippen molar-refractivity contribution in [2.24, 2.45) is 11.1 Å². The Labute approximate surface area is 155 Å². The van der Waals surface area contributed by atoms with Crippen molar-refractivity contribution < 1.29 is 19.0 Å². The van der Waals surface area contributed by atoms with Gasteiger partial charge in [-0.2, -0.15) is 0 Å². The number of ether oxygens (including phenoxy) is 3. The average Bonchev–Trinajstić information content (AvgIpc) is 2.58. The third-order valence-corrected chi connectivity index (χ3v) is 5.16. The van der Waals surface area contributed by atoms with Gasteiger partial charge in [-0.3, -0.25) is 4.79 Å². The van der Waals surface area contributed by atoms with Gasteiger partial charge in [-0.25, -0.2) is 0 Å². The summed E-state index contributed by atoms with van der Waals surface area (Å²) in [5, 5.41) is 2.93. The van der Waals surface area contributed by atoms with E-state index in [9.17, 15) is 4.79 Å². The van der Waals surface area contributed by atoms with Crippen molar-refractivity contribution in [1.82, 2.24) is 5.32 Å². The Hall–Kier alpha value is -1.50. The molecule has 1 saturated carbocycles. The van der Waals surface area contributed by atoms with E-state index >= 15 is 0 Å². The number of amides is 1. The van der Waals surface area contributed by atoms with Gasteiger partial charge in [-0.15, -0.1) is 12.4 Å². The quantitative estimate of drug-likeness (QED) is 0.767. The zero-order chi connectivity index (χ0) is 18.0. The van der Waals surface area contributed by atoms with Crippen LogP contribution in [0.2, 0.25) is 0 Å². The van der Waals surface area contributed by atoms with Crippen molar-refractivity contribution in [2.45, 2.75) is 45.4 Å². The minimum atomic E-state index is -0.932. The third kappa shape index (κ3) is 3.71. The molecule has 0 radical (unpaired) electrons. The Morgan fingerprint density at radius 2 is 2.00 bits per heavy atom.